The summed E-state index contributed by atoms with van der Waals surface area (Å²) in [5.41, 5.74) is 4.99. The van der Waals surface area contributed by atoms with Crippen molar-refractivity contribution in [3.8, 4) is 0 Å². The Morgan fingerprint density at radius 1 is 0.923 bits per heavy atom. The van der Waals surface area contributed by atoms with Crippen LogP contribution in [0.1, 0.15) is 31.4 Å². The number of benzene rings is 2. The van der Waals surface area contributed by atoms with Gasteiger partial charge in [0.25, 0.3) is 0 Å². The highest BCUT2D eigenvalue weighted by Crippen LogP contribution is 2.30. The van der Waals surface area contributed by atoms with E-state index in [0.717, 1.165) is 34.5 Å². The Morgan fingerprint density at radius 3 is 2.38 bits per heavy atom. The number of nitrogens with one attached hydrogen (secondary N) is 1. The quantitative estimate of drug-likeness (QED) is 0.674. The molecule has 0 fully saturated rings. The van der Waals surface area contributed by atoms with Crippen molar-refractivity contribution >= 4 is 24.1 Å². The fourth-order valence-electron chi connectivity index (χ4n) is 2.76. The lowest BCUT2D eigenvalue weighted by atomic mass is 9.81. The second-order valence-electron chi connectivity index (χ2n) is 5.70. The molecule has 1 aliphatic rings. The van der Waals surface area contributed by atoms with Crippen molar-refractivity contribution in [2.24, 2.45) is 0 Å². The Balaban J connectivity index is 0.00000117. The molecule has 0 amide bonds. The fraction of sp³-hybridized carbons (Fsp3) is 0.182. The zero-order chi connectivity index (χ0) is 18.8. The van der Waals surface area contributed by atoms with Gasteiger partial charge < -0.3 is 15.4 Å². The van der Waals surface area contributed by atoms with E-state index >= 15 is 0 Å². The summed E-state index contributed by atoms with van der Waals surface area (Å²) in [7, 11) is -1.36. The van der Waals surface area contributed by atoms with Crippen molar-refractivity contribution < 1.29 is 10.0 Å². The second-order valence-corrected chi connectivity index (χ2v) is 5.70. The summed E-state index contributed by atoms with van der Waals surface area (Å²) in [5.74, 6) is 0. The third-order valence-electron chi connectivity index (χ3n) is 3.91. The van der Waals surface area contributed by atoms with E-state index in [9.17, 15) is 10.0 Å². The molecule has 3 rings (SSSR count). The summed E-state index contributed by atoms with van der Waals surface area (Å²) in [6.45, 7) is 4.00. The van der Waals surface area contributed by atoms with Crippen LogP contribution < -0.4 is 5.32 Å². The summed E-state index contributed by atoms with van der Waals surface area (Å²) < 4.78 is 0. The number of allylic oxidation sites excluding steroid dienone is 6. The maximum atomic E-state index is 9.29. The van der Waals surface area contributed by atoms with E-state index in [4.69, 9.17) is 0 Å². The van der Waals surface area contributed by atoms with Crippen molar-refractivity contribution in [3.05, 3.63) is 90.0 Å². The van der Waals surface area contributed by atoms with Gasteiger partial charge in [-0.25, -0.2) is 0 Å². The van der Waals surface area contributed by atoms with Crippen LogP contribution in [0, 0.1) is 0 Å². The topological polar surface area (TPSA) is 52.5 Å². The van der Waals surface area contributed by atoms with Crippen LogP contribution in [0.25, 0.3) is 5.57 Å². The molecule has 0 atom stereocenters. The van der Waals surface area contributed by atoms with E-state index in [2.05, 4.69) is 41.8 Å². The largest absolute Gasteiger partial charge is 0.456 e. The highest BCUT2D eigenvalue weighted by molar-refractivity contribution is 6.40. The van der Waals surface area contributed by atoms with Crippen LogP contribution in [0.5, 0.6) is 0 Å². The Labute approximate surface area is 156 Å². The van der Waals surface area contributed by atoms with E-state index in [0.29, 0.717) is 0 Å². The maximum absolute atomic E-state index is 9.29. The number of hydrogen-bond acceptors (Lipinski definition) is 3. The number of hydrogen-bond donors (Lipinski definition) is 3. The molecule has 2 aromatic rings. The smallest absolute Gasteiger partial charge is 0.427 e. The Morgan fingerprint density at radius 2 is 1.62 bits per heavy atom. The lowest BCUT2D eigenvalue weighted by Crippen LogP contribution is -2.16. The zero-order valence-corrected chi connectivity index (χ0v) is 15.4. The van der Waals surface area contributed by atoms with Gasteiger partial charge in [0.05, 0.1) is 0 Å². The molecule has 0 bridgehead atoms. The van der Waals surface area contributed by atoms with Crippen molar-refractivity contribution in [2.75, 3.05) is 5.32 Å². The van der Waals surface area contributed by atoms with Crippen molar-refractivity contribution in [1.29, 1.82) is 0 Å². The highest BCUT2D eigenvalue weighted by atomic mass is 16.4. The standard InChI is InChI=1S/C20H20BNO2.C2H6/c23-21(24)15-17-11-5-7-13-19(17)22-20-14-8-6-12-18(20)16-9-3-1-2-4-10-16;1-2/h1,3-14,22-24H,2,15H2;1-2H3. The minimum Gasteiger partial charge on any atom is -0.427 e. The van der Waals surface area contributed by atoms with Gasteiger partial charge in [-0.1, -0.05) is 80.6 Å². The molecule has 0 aromatic heterocycles. The Kier molecular flexibility index (Phi) is 7.94. The molecular formula is C22H26BNO2. The van der Waals surface area contributed by atoms with Crippen LogP contribution >= 0.6 is 0 Å². The lowest BCUT2D eigenvalue weighted by molar-refractivity contribution is 0.405. The van der Waals surface area contributed by atoms with Gasteiger partial charge in [-0.2, -0.15) is 0 Å². The summed E-state index contributed by atoms with van der Waals surface area (Å²) in [4.78, 5) is 0. The summed E-state index contributed by atoms with van der Waals surface area (Å²) in [6.07, 6.45) is 11.7. The van der Waals surface area contributed by atoms with Gasteiger partial charge in [-0.05, 0) is 29.7 Å². The first-order chi connectivity index (χ1) is 12.7. The van der Waals surface area contributed by atoms with Gasteiger partial charge in [0, 0.05) is 23.3 Å². The number of rotatable bonds is 5. The molecule has 26 heavy (non-hydrogen) atoms. The van der Waals surface area contributed by atoms with Crippen LogP contribution in [0.3, 0.4) is 0 Å². The van der Waals surface area contributed by atoms with Gasteiger partial charge in [-0.3, -0.25) is 0 Å². The third-order valence-corrected chi connectivity index (χ3v) is 3.91. The van der Waals surface area contributed by atoms with E-state index in [1.54, 1.807) is 0 Å². The predicted molar refractivity (Wildman–Crippen MR) is 112 cm³/mol. The van der Waals surface area contributed by atoms with E-state index in [-0.39, 0.29) is 6.32 Å². The van der Waals surface area contributed by atoms with Gasteiger partial charge in [-0.15, -0.1) is 0 Å². The highest BCUT2D eigenvalue weighted by Gasteiger charge is 2.13. The fourth-order valence-corrected chi connectivity index (χ4v) is 2.76. The summed E-state index contributed by atoms with van der Waals surface area (Å²) in [6, 6.07) is 15.8. The number of para-hydroxylation sites is 2. The minimum atomic E-state index is -1.36. The molecule has 3 nitrogen and oxygen atoms in total. The monoisotopic (exact) mass is 347 g/mol. The molecule has 0 saturated carbocycles. The molecule has 3 N–H and O–H groups in total. The first kappa shape index (κ1) is 19.8. The molecule has 2 aromatic carbocycles. The van der Waals surface area contributed by atoms with Crippen LogP contribution in [-0.4, -0.2) is 17.2 Å². The molecular weight excluding hydrogens is 321 g/mol. The Bertz CT molecular complexity index is 794. The Hall–Kier alpha value is -2.56. The molecule has 4 heteroatoms. The third kappa shape index (κ3) is 5.48. The molecule has 1 aliphatic carbocycles. The average Bonchev–Trinajstić information content (AvgIpc) is 2.94. The van der Waals surface area contributed by atoms with Crippen LogP contribution in [0.2, 0.25) is 0 Å². The first-order valence-electron chi connectivity index (χ1n) is 9.08. The van der Waals surface area contributed by atoms with Crippen molar-refractivity contribution in [2.45, 2.75) is 26.6 Å². The van der Waals surface area contributed by atoms with E-state index in [1.807, 2.05) is 56.3 Å². The molecule has 0 heterocycles. The summed E-state index contributed by atoms with van der Waals surface area (Å²) >= 11 is 0. The lowest BCUT2D eigenvalue weighted by Gasteiger charge is -2.16. The minimum absolute atomic E-state index is 0.191. The van der Waals surface area contributed by atoms with Gasteiger partial charge in [0.15, 0.2) is 0 Å². The number of anilines is 2. The van der Waals surface area contributed by atoms with Gasteiger partial charge >= 0.3 is 7.12 Å². The molecule has 0 saturated heterocycles. The van der Waals surface area contributed by atoms with Crippen molar-refractivity contribution in [1.82, 2.24) is 0 Å². The average molecular weight is 347 g/mol. The van der Waals surface area contributed by atoms with Crippen LogP contribution in [-0.2, 0) is 6.32 Å². The molecule has 0 spiro atoms. The van der Waals surface area contributed by atoms with E-state index in [1.165, 1.54) is 0 Å². The maximum Gasteiger partial charge on any atom is 0.456 e. The normalized spacial score (nSPS) is 12.5. The van der Waals surface area contributed by atoms with Crippen molar-refractivity contribution in [3.63, 3.8) is 0 Å². The van der Waals surface area contributed by atoms with Crippen LogP contribution in [0.15, 0.2) is 78.9 Å². The SMILES string of the molecule is CC.OB(O)Cc1ccccc1Nc1ccccc1C1=CC=CCC=C1. The van der Waals surface area contributed by atoms with Gasteiger partial charge in [0.2, 0.25) is 0 Å². The van der Waals surface area contributed by atoms with Gasteiger partial charge in [0.1, 0.15) is 0 Å². The van der Waals surface area contributed by atoms with Crippen LogP contribution in [0.4, 0.5) is 11.4 Å². The summed E-state index contributed by atoms with van der Waals surface area (Å²) in [5, 5.41) is 22.0. The molecule has 0 unspecified atom stereocenters. The predicted octanol–water partition coefficient (Wildman–Crippen LogP) is 4.91. The zero-order valence-electron chi connectivity index (χ0n) is 15.4. The molecule has 0 radical (unpaired) electrons. The van der Waals surface area contributed by atoms with E-state index < -0.39 is 7.12 Å². The molecule has 0 aliphatic heterocycles. The second kappa shape index (κ2) is 10.4. The first-order valence-corrected chi connectivity index (χ1v) is 9.08. The molecule has 134 valence electrons.